The predicted molar refractivity (Wildman–Crippen MR) is 106 cm³/mol. The Hall–Kier alpha value is -3.67. The highest BCUT2D eigenvalue weighted by Gasteiger charge is 2.50. The molecule has 2 aliphatic heterocycles. The number of hydrogen-bond donors (Lipinski definition) is 0. The first-order valence-corrected chi connectivity index (χ1v) is 9.17. The minimum absolute atomic E-state index is 0.0749. The molecule has 0 atom stereocenters. The number of rotatable bonds is 2. The maximum atomic E-state index is 13.3. The molecular weight excluding hydrogens is 370 g/mol. The molecule has 29 heavy (non-hydrogen) atoms. The van der Waals surface area contributed by atoms with Crippen molar-refractivity contribution in [3.05, 3.63) is 82.9 Å². The monoisotopic (exact) mass is 389 g/mol. The summed E-state index contributed by atoms with van der Waals surface area (Å²) in [5.41, 5.74) is 0.645. The molecule has 0 bridgehead atoms. The van der Waals surface area contributed by atoms with E-state index < -0.39 is 23.6 Å². The Balaban J connectivity index is 1.93. The number of hydrogen-bond acceptors (Lipinski definition) is 5. The van der Waals surface area contributed by atoms with E-state index in [4.69, 9.17) is 9.47 Å². The maximum Gasteiger partial charge on any atom is 0.422 e. The summed E-state index contributed by atoms with van der Waals surface area (Å²) in [7, 11) is 0. The second kappa shape index (κ2) is 6.74. The van der Waals surface area contributed by atoms with Gasteiger partial charge in [0.05, 0.1) is 5.70 Å². The van der Waals surface area contributed by atoms with Crippen molar-refractivity contribution in [3.63, 3.8) is 0 Å². The van der Waals surface area contributed by atoms with Crippen molar-refractivity contribution in [1.29, 1.82) is 0 Å². The molecule has 2 amide bonds. The highest BCUT2D eigenvalue weighted by atomic mass is 16.6. The number of carbonyl (C=O) groups is 3. The van der Waals surface area contributed by atoms with Gasteiger partial charge >= 0.3 is 12.1 Å². The van der Waals surface area contributed by atoms with Crippen LogP contribution in [-0.4, -0.2) is 28.5 Å². The highest BCUT2D eigenvalue weighted by Crippen LogP contribution is 2.45. The van der Waals surface area contributed by atoms with E-state index >= 15 is 0 Å². The zero-order valence-corrected chi connectivity index (χ0v) is 16.3. The Morgan fingerprint density at radius 1 is 0.862 bits per heavy atom. The van der Waals surface area contributed by atoms with Gasteiger partial charge in [-0.2, -0.15) is 0 Å². The van der Waals surface area contributed by atoms with Crippen LogP contribution in [0.4, 0.5) is 4.79 Å². The van der Waals surface area contributed by atoms with E-state index in [1.807, 2.05) is 12.1 Å². The number of benzene rings is 2. The summed E-state index contributed by atoms with van der Waals surface area (Å²) < 4.78 is 10.9. The first-order valence-electron chi connectivity index (χ1n) is 9.17. The van der Waals surface area contributed by atoms with Crippen LogP contribution >= 0.6 is 0 Å². The fourth-order valence-corrected chi connectivity index (χ4v) is 3.30. The summed E-state index contributed by atoms with van der Waals surface area (Å²) in [5, 5.41) is 0. The molecule has 0 N–H and O–H groups in total. The van der Waals surface area contributed by atoms with E-state index in [0.717, 1.165) is 4.90 Å². The molecule has 146 valence electrons. The highest BCUT2D eigenvalue weighted by molar-refractivity contribution is 6.30. The molecule has 2 aliphatic rings. The molecule has 2 aromatic rings. The number of ether oxygens (including phenoxy) is 2. The zero-order valence-electron chi connectivity index (χ0n) is 16.3. The van der Waals surface area contributed by atoms with E-state index in [0.29, 0.717) is 11.1 Å². The molecule has 2 heterocycles. The molecule has 0 radical (unpaired) electrons. The molecule has 0 spiro atoms. The Morgan fingerprint density at radius 3 is 1.97 bits per heavy atom. The minimum Gasteiger partial charge on any atom is -0.443 e. The van der Waals surface area contributed by atoms with Crippen LogP contribution < -0.4 is 0 Å². The van der Waals surface area contributed by atoms with Gasteiger partial charge in [0.25, 0.3) is 5.91 Å². The lowest BCUT2D eigenvalue weighted by atomic mass is 10.0. The summed E-state index contributed by atoms with van der Waals surface area (Å²) in [6.07, 6.45) is -0.837. The molecule has 0 saturated heterocycles. The van der Waals surface area contributed by atoms with Crippen molar-refractivity contribution >= 4 is 29.4 Å². The van der Waals surface area contributed by atoms with Crippen LogP contribution in [0.1, 0.15) is 31.9 Å². The molecule has 4 rings (SSSR count). The fraction of sp³-hybridized carbons (Fsp3) is 0.174. The number of amides is 2. The standard InChI is InChI=1S/C23H19NO5/c1-23(2,3)29-22(27)24-18(14-10-6-4-7-11-14)16-17(20(24)25)19(28-21(16)26)15-12-8-5-9-13-15/h4-13H,1-3H3. The largest absolute Gasteiger partial charge is 0.443 e. The molecule has 2 aromatic carbocycles. The van der Waals surface area contributed by atoms with Gasteiger partial charge in [-0.25, -0.2) is 14.5 Å². The predicted octanol–water partition coefficient (Wildman–Crippen LogP) is 4.14. The average molecular weight is 389 g/mol. The van der Waals surface area contributed by atoms with Crippen molar-refractivity contribution in [2.75, 3.05) is 0 Å². The van der Waals surface area contributed by atoms with Crippen LogP contribution in [0, 0.1) is 0 Å². The van der Waals surface area contributed by atoms with Gasteiger partial charge in [0.1, 0.15) is 16.7 Å². The van der Waals surface area contributed by atoms with Gasteiger partial charge in [0.15, 0.2) is 5.76 Å². The SMILES string of the molecule is CC(C)(C)OC(=O)N1C(=O)C2=C(c3ccccc3)OC(=O)C2=C1c1ccccc1. The number of cyclic esters (lactones) is 1. The molecule has 0 saturated carbocycles. The number of carbonyl (C=O) groups excluding carboxylic acids is 3. The normalized spacial score (nSPS) is 16.3. The first-order chi connectivity index (χ1) is 13.8. The van der Waals surface area contributed by atoms with Crippen molar-refractivity contribution in [1.82, 2.24) is 4.90 Å². The average Bonchev–Trinajstić information content (AvgIpc) is 3.18. The summed E-state index contributed by atoms with van der Waals surface area (Å²) in [6.45, 7) is 5.14. The lowest BCUT2D eigenvalue weighted by molar-refractivity contribution is -0.131. The van der Waals surface area contributed by atoms with E-state index in [2.05, 4.69) is 0 Å². The topological polar surface area (TPSA) is 72.9 Å². The molecule has 0 aliphatic carbocycles. The van der Waals surface area contributed by atoms with Crippen LogP contribution in [0.15, 0.2) is 71.8 Å². The maximum absolute atomic E-state index is 13.3. The van der Waals surface area contributed by atoms with Crippen molar-refractivity contribution in [2.24, 2.45) is 0 Å². The van der Waals surface area contributed by atoms with Gasteiger partial charge in [0.2, 0.25) is 0 Å². The van der Waals surface area contributed by atoms with Gasteiger partial charge in [-0.15, -0.1) is 0 Å². The summed E-state index contributed by atoms with van der Waals surface area (Å²) >= 11 is 0. The molecule has 6 nitrogen and oxygen atoms in total. The molecular formula is C23H19NO5. The lowest BCUT2D eigenvalue weighted by Gasteiger charge is -2.25. The van der Waals surface area contributed by atoms with E-state index in [1.165, 1.54) is 0 Å². The van der Waals surface area contributed by atoms with Crippen LogP contribution in [0.25, 0.3) is 11.5 Å². The summed E-state index contributed by atoms with van der Waals surface area (Å²) in [4.78, 5) is 39.9. The van der Waals surface area contributed by atoms with Crippen LogP contribution in [0.5, 0.6) is 0 Å². The molecule has 6 heteroatoms. The fourth-order valence-electron chi connectivity index (χ4n) is 3.30. The van der Waals surface area contributed by atoms with Crippen LogP contribution in [0.2, 0.25) is 0 Å². The Morgan fingerprint density at radius 2 is 1.41 bits per heavy atom. The van der Waals surface area contributed by atoms with Gasteiger partial charge in [0, 0.05) is 5.56 Å². The Labute approximate surface area is 168 Å². The van der Waals surface area contributed by atoms with Crippen LogP contribution in [-0.2, 0) is 19.1 Å². The van der Waals surface area contributed by atoms with E-state index in [-0.39, 0.29) is 22.6 Å². The zero-order chi connectivity index (χ0) is 20.8. The number of imide groups is 1. The van der Waals surface area contributed by atoms with Gasteiger partial charge < -0.3 is 9.47 Å². The molecule has 0 aromatic heterocycles. The third-order valence-electron chi connectivity index (χ3n) is 4.41. The second-order valence-electron chi connectivity index (χ2n) is 7.67. The number of esters is 1. The van der Waals surface area contributed by atoms with Crippen molar-refractivity contribution in [3.8, 4) is 0 Å². The Bertz CT molecular complexity index is 1080. The second-order valence-corrected chi connectivity index (χ2v) is 7.67. The molecule has 0 fully saturated rings. The van der Waals surface area contributed by atoms with Crippen LogP contribution in [0.3, 0.4) is 0 Å². The molecule has 0 unspecified atom stereocenters. The van der Waals surface area contributed by atoms with Gasteiger partial charge in [-0.3, -0.25) is 4.79 Å². The van der Waals surface area contributed by atoms with E-state index in [1.54, 1.807) is 69.3 Å². The quantitative estimate of drug-likeness (QED) is 0.722. The third-order valence-corrected chi connectivity index (χ3v) is 4.41. The van der Waals surface area contributed by atoms with Gasteiger partial charge in [-0.05, 0) is 26.3 Å². The lowest BCUT2D eigenvalue weighted by Crippen LogP contribution is -2.37. The van der Waals surface area contributed by atoms with E-state index in [9.17, 15) is 14.4 Å². The summed E-state index contributed by atoms with van der Waals surface area (Å²) in [6, 6.07) is 17.6. The van der Waals surface area contributed by atoms with Crippen molar-refractivity contribution < 1.29 is 23.9 Å². The first kappa shape index (κ1) is 18.7. The summed E-state index contributed by atoms with van der Waals surface area (Å²) in [5.74, 6) is -1.16. The Kier molecular flexibility index (Phi) is 4.34. The smallest absolute Gasteiger partial charge is 0.422 e. The third kappa shape index (κ3) is 3.23. The number of fused-ring (bicyclic) bond motifs is 1. The van der Waals surface area contributed by atoms with Gasteiger partial charge in [-0.1, -0.05) is 60.7 Å². The van der Waals surface area contributed by atoms with Crippen molar-refractivity contribution in [2.45, 2.75) is 26.4 Å². The minimum atomic E-state index is -0.837. The number of nitrogens with zero attached hydrogens (tertiary/aromatic N) is 1.